The van der Waals surface area contributed by atoms with Gasteiger partial charge >= 0.3 is 0 Å². The van der Waals surface area contributed by atoms with Crippen LogP contribution < -0.4 is 0 Å². The maximum absolute atomic E-state index is 11.5. The normalized spacial score (nSPS) is 31.2. The summed E-state index contributed by atoms with van der Waals surface area (Å²) >= 11 is 0. The Hall–Kier alpha value is -0.150. The molecule has 0 bridgehead atoms. The van der Waals surface area contributed by atoms with E-state index in [0.717, 1.165) is 38.2 Å². The van der Waals surface area contributed by atoms with E-state index in [-0.39, 0.29) is 0 Å². The zero-order chi connectivity index (χ0) is 9.68. The quantitative estimate of drug-likeness (QED) is 0.643. The summed E-state index contributed by atoms with van der Waals surface area (Å²) in [5.74, 6) is 0.846. The van der Waals surface area contributed by atoms with Crippen LogP contribution in [0.25, 0.3) is 0 Å². The van der Waals surface area contributed by atoms with Crippen LogP contribution in [0.3, 0.4) is 0 Å². The number of hydrogen-bond donors (Lipinski definition) is 0. The average molecular weight is 201 g/mol. The van der Waals surface area contributed by atoms with E-state index in [0.29, 0.717) is 5.25 Å². The first-order valence-electron chi connectivity index (χ1n) is 4.94. The van der Waals surface area contributed by atoms with Crippen molar-refractivity contribution in [3.05, 3.63) is 12.7 Å². The molecule has 2 nitrogen and oxygen atoms in total. The van der Waals surface area contributed by atoms with Gasteiger partial charge in [0.2, 0.25) is 0 Å². The van der Waals surface area contributed by atoms with Crippen molar-refractivity contribution in [2.24, 2.45) is 0 Å². The van der Waals surface area contributed by atoms with Crippen molar-refractivity contribution in [2.45, 2.75) is 25.0 Å². The zero-order valence-corrected chi connectivity index (χ0v) is 9.18. The van der Waals surface area contributed by atoms with Crippen molar-refractivity contribution in [3.8, 4) is 0 Å². The fraction of sp³-hybridized carbons (Fsp3) is 0.800. The third kappa shape index (κ3) is 3.61. The summed E-state index contributed by atoms with van der Waals surface area (Å²) in [6.45, 7) is 8.97. The maximum atomic E-state index is 11.5. The molecule has 0 N–H and O–H groups in total. The molecule has 0 spiro atoms. The Morgan fingerprint density at radius 1 is 1.62 bits per heavy atom. The molecule has 0 radical (unpaired) electrons. The summed E-state index contributed by atoms with van der Waals surface area (Å²) < 4.78 is 11.5. The van der Waals surface area contributed by atoms with Gasteiger partial charge in [0, 0.05) is 34.9 Å². The lowest BCUT2D eigenvalue weighted by molar-refractivity contribution is 0.297. The van der Waals surface area contributed by atoms with Gasteiger partial charge in [-0.25, -0.2) is 0 Å². The van der Waals surface area contributed by atoms with Crippen LogP contribution in [0.5, 0.6) is 0 Å². The van der Waals surface area contributed by atoms with Gasteiger partial charge in [-0.2, -0.15) is 0 Å². The van der Waals surface area contributed by atoms with Crippen molar-refractivity contribution in [1.82, 2.24) is 4.90 Å². The monoisotopic (exact) mass is 201 g/mol. The van der Waals surface area contributed by atoms with Crippen LogP contribution in [-0.2, 0) is 10.8 Å². The Morgan fingerprint density at radius 2 is 2.38 bits per heavy atom. The molecule has 1 aliphatic heterocycles. The van der Waals surface area contributed by atoms with Crippen LogP contribution in [-0.4, -0.2) is 39.7 Å². The van der Waals surface area contributed by atoms with E-state index in [1.807, 2.05) is 6.08 Å². The smallest absolute Gasteiger partial charge is 0.0365 e. The van der Waals surface area contributed by atoms with E-state index in [2.05, 4.69) is 18.4 Å². The van der Waals surface area contributed by atoms with Crippen LogP contribution in [0.15, 0.2) is 12.7 Å². The summed E-state index contributed by atoms with van der Waals surface area (Å²) in [5, 5.41) is 0.383. The highest BCUT2D eigenvalue weighted by molar-refractivity contribution is 7.85. The Labute approximate surface area is 83.5 Å². The van der Waals surface area contributed by atoms with Gasteiger partial charge in [0.25, 0.3) is 0 Å². The highest BCUT2D eigenvalue weighted by Gasteiger charge is 2.18. The van der Waals surface area contributed by atoms with E-state index in [4.69, 9.17) is 0 Å². The minimum Gasteiger partial charge on any atom is -0.302 e. The Morgan fingerprint density at radius 3 is 3.08 bits per heavy atom. The van der Waals surface area contributed by atoms with Crippen molar-refractivity contribution in [2.75, 3.05) is 25.4 Å². The third-order valence-electron chi connectivity index (χ3n) is 2.56. The molecule has 0 aromatic heterocycles. The number of hydrogen-bond acceptors (Lipinski definition) is 2. The Kier molecular flexibility index (Phi) is 4.67. The molecule has 76 valence electrons. The average Bonchev–Trinajstić information content (AvgIpc) is 2.29. The Balaban J connectivity index is 2.35. The first-order valence-corrected chi connectivity index (χ1v) is 6.32. The summed E-state index contributed by atoms with van der Waals surface area (Å²) in [6, 6.07) is 0. The second-order valence-electron chi connectivity index (χ2n) is 3.60. The maximum Gasteiger partial charge on any atom is 0.0365 e. The lowest BCUT2D eigenvalue weighted by atomic mass is 10.3. The largest absolute Gasteiger partial charge is 0.302 e. The highest BCUT2D eigenvalue weighted by Crippen LogP contribution is 2.09. The van der Waals surface area contributed by atoms with E-state index in [1.54, 1.807) is 0 Å². The molecule has 1 aliphatic rings. The topological polar surface area (TPSA) is 20.3 Å². The fourth-order valence-corrected chi connectivity index (χ4v) is 2.73. The van der Waals surface area contributed by atoms with E-state index in [1.165, 1.54) is 0 Å². The van der Waals surface area contributed by atoms with Crippen LogP contribution in [0.2, 0.25) is 0 Å². The molecule has 1 saturated heterocycles. The number of nitrogens with zero attached hydrogens (tertiary/aromatic N) is 1. The minimum absolute atomic E-state index is 0.383. The van der Waals surface area contributed by atoms with Crippen molar-refractivity contribution in [1.29, 1.82) is 0 Å². The number of rotatable bonds is 3. The predicted molar refractivity (Wildman–Crippen MR) is 58.3 cm³/mol. The van der Waals surface area contributed by atoms with Crippen molar-refractivity contribution < 1.29 is 4.21 Å². The van der Waals surface area contributed by atoms with Gasteiger partial charge in [-0.1, -0.05) is 13.0 Å². The predicted octanol–water partition coefficient (Wildman–Crippen LogP) is 1.41. The third-order valence-corrected chi connectivity index (χ3v) is 4.28. The molecule has 3 heteroatoms. The molecular formula is C10H19NOS. The summed E-state index contributed by atoms with van der Waals surface area (Å²) in [7, 11) is -0.596. The van der Waals surface area contributed by atoms with Gasteiger partial charge < -0.3 is 4.90 Å². The second kappa shape index (κ2) is 5.55. The van der Waals surface area contributed by atoms with E-state index < -0.39 is 10.8 Å². The van der Waals surface area contributed by atoms with E-state index in [9.17, 15) is 4.21 Å². The van der Waals surface area contributed by atoms with Crippen LogP contribution >= 0.6 is 0 Å². The molecular weight excluding hydrogens is 182 g/mol. The first-order chi connectivity index (χ1) is 6.24. The highest BCUT2D eigenvalue weighted by atomic mass is 32.2. The van der Waals surface area contributed by atoms with Crippen molar-refractivity contribution >= 4 is 10.8 Å². The molecule has 0 aromatic rings. The molecule has 2 unspecified atom stereocenters. The summed E-state index contributed by atoms with van der Waals surface area (Å²) in [6.07, 6.45) is 4.07. The SMILES string of the molecule is C=CCCN1CCC(C)S(=O)CC1. The molecule has 13 heavy (non-hydrogen) atoms. The van der Waals surface area contributed by atoms with Gasteiger partial charge in [-0.3, -0.25) is 4.21 Å². The van der Waals surface area contributed by atoms with Gasteiger partial charge in [0.15, 0.2) is 0 Å². The fourth-order valence-electron chi connectivity index (χ4n) is 1.53. The molecule has 1 heterocycles. The molecule has 0 amide bonds. The molecule has 0 saturated carbocycles. The van der Waals surface area contributed by atoms with Crippen molar-refractivity contribution in [3.63, 3.8) is 0 Å². The summed E-state index contributed by atoms with van der Waals surface area (Å²) in [4.78, 5) is 2.39. The van der Waals surface area contributed by atoms with Crippen LogP contribution in [0.1, 0.15) is 19.8 Å². The van der Waals surface area contributed by atoms with Gasteiger partial charge in [-0.05, 0) is 19.4 Å². The van der Waals surface area contributed by atoms with Crippen LogP contribution in [0.4, 0.5) is 0 Å². The van der Waals surface area contributed by atoms with Gasteiger partial charge in [0.1, 0.15) is 0 Å². The molecule has 0 aromatic carbocycles. The zero-order valence-electron chi connectivity index (χ0n) is 8.37. The van der Waals surface area contributed by atoms with E-state index >= 15 is 0 Å². The Bertz CT molecular complexity index is 193. The molecule has 1 rings (SSSR count). The lowest BCUT2D eigenvalue weighted by Crippen LogP contribution is -2.27. The first kappa shape index (κ1) is 10.9. The second-order valence-corrected chi connectivity index (χ2v) is 5.58. The molecule has 0 aliphatic carbocycles. The standard InChI is InChI=1S/C10H19NOS/c1-3-4-6-11-7-5-10(2)13(12)9-8-11/h3,10H,1,4-9H2,2H3. The van der Waals surface area contributed by atoms with Crippen LogP contribution in [0, 0.1) is 0 Å². The van der Waals surface area contributed by atoms with Gasteiger partial charge in [-0.15, -0.1) is 6.58 Å². The molecule has 1 fully saturated rings. The lowest BCUT2D eigenvalue weighted by Gasteiger charge is -2.17. The molecule has 2 atom stereocenters. The van der Waals surface area contributed by atoms with Gasteiger partial charge in [0.05, 0.1) is 0 Å². The minimum atomic E-state index is -0.596. The summed E-state index contributed by atoms with van der Waals surface area (Å²) in [5.41, 5.74) is 0.